The van der Waals surface area contributed by atoms with Crippen LogP contribution in [0.25, 0.3) is 0 Å². The molecule has 1 N–H and O–H groups in total. The largest absolute Gasteiger partial charge is 0.325 e. The fourth-order valence-electron chi connectivity index (χ4n) is 5.57. The second-order valence-corrected chi connectivity index (χ2v) is 9.94. The van der Waals surface area contributed by atoms with Crippen molar-refractivity contribution in [3.8, 4) is 0 Å². The molecule has 2 aromatic rings. The zero-order valence-electron chi connectivity index (χ0n) is 18.3. The molecule has 2 heterocycles. The summed E-state index contributed by atoms with van der Waals surface area (Å²) < 4.78 is 0. The van der Waals surface area contributed by atoms with Crippen molar-refractivity contribution in [1.29, 1.82) is 0 Å². The number of hydrogen-bond donors (Lipinski definition) is 1. The molecule has 0 atom stereocenters. The molecule has 158 valence electrons. The van der Waals surface area contributed by atoms with Crippen LogP contribution in [0.4, 0.5) is 4.79 Å². The highest BCUT2D eigenvalue weighted by molar-refractivity contribution is 6.07. The first kappa shape index (κ1) is 20.6. The Hall–Kier alpha value is -2.66. The maximum atomic E-state index is 13.6. The first-order valence-electron chi connectivity index (χ1n) is 10.6. The molecule has 0 aliphatic carbocycles. The van der Waals surface area contributed by atoms with Gasteiger partial charge in [0, 0.05) is 17.6 Å². The topological polar surface area (TPSA) is 52.7 Å². The van der Waals surface area contributed by atoms with Crippen LogP contribution in [0.15, 0.2) is 60.7 Å². The van der Waals surface area contributed by atoms with Gasteiger partial charge in [-0.1, -0.05) is 60.7 Å². The number of imide groups is 1. The van der Waals surface area contributed by atoms with Crippen LogP contribution >= 0.6 is 0 Å². The third-order valence-corrected chi connectivity index (χ3v) is 6.54. The maximum Gasteiger partial charge on any atom is 0.325 e. The number of benzene rings is 2. The van der Waals surface area contributed by atoms with Gasteiger partial charge < -0.3 is 5.32 Å². The van der Waals surface area contributed by atoms with Gasteiger partial charge in [0.1, 0.15) is 5.54 Å². The smallest absolute Gasteiger partial charge is 0.323 e. The van der Waals surface area contributed by atoms with E-state index in [0.717, 1.165) is 12.1 Å². The van der Waals surface area contributed by atoms with Crippen LogP contribution in [-0.2, 0) is 17.9 Å². The van der Waals surface area contributed by atoms with Gasteiger partial charge in [0.2, 0.25) is 0 Å². The van der Waals surface area contributed by atoms with Crippen LogP contribution in [-0.4, -0.2) is 38.4 Å². The van der Waals surface area contributed by atoms with Gasteiger partial charge in [0.25, 0.3) is 5.91 Å². The Balaban J connectivity index is 1.60. The number of carbonyl (C=O) groups excluding carboxylic acids is 2. The summed E-state index contributed by atoms with van der Waals surface area (Å²) >= 11 is 0. The van der Waals surface area contributed by atoms with Gasteiger partial charge in [-0.3, -0.25) is 14.6 Å². The van der Waals surface area contributed by atoms with Crippen LogP contribution < -0.4 is 5.32 Å². The molecule has 3 amide bonds. The van der Waals surface area contributed by atoms with E-state index in [1.807, 2.05) is 36.4 Å². The summed E-state index contributed by atoms with van der Waals surface area (Å²) in [4.78, 5) is 30.3. The number of amides is 3. The lowest BCUT2D eigenvalue weighted by Gasteiger charge is -2.57. The van der Waals surface area contributed by atoms with E-state index in [1.54, 1.807) is 0 Å². The Morgan fingerprint density at radius 3 is 1.73 bits per heavy atom. The van der Waals surface area contributed by atoms with E-state index in [-0.39, 0.29) is 23.0 Å². The molecule has 1 spiro atoms. The third kappa shape index (κ3) is 3.63. The van der Waals surface area contributed by atoms with E-state index in [9.17, 15) is 9.59 Å². The van der Waals surface area contributed by atoms with Crippen molar-refractivity contribution < 1.29 is 9.59 Å². The fraction of sp³-hybridized carbons (Fsp3) is 0.440. The molecule has 5 nitrogen and oxygen atoms in total. The third-order valence-electron chi connectivity index (χ3n) is 6.54. The van der Waals surface area contributed by atoms with E-state index in [4.69, 9.17) is 0 Å². The van der Waals surface area contributed by atoms with E-state index < -0.39 is 5.54 Å². The Kier molecular flexibility index (Phi) is 4.97. The van der Waals surface area contributed by atoms with Crippen LogP contribution in [0, 0.1) is 0 Å². The van der Waals surface area contributed by atoms with Gasteiger partial charge in [-0.25, -0.2) is 4.79 Å². The van der Waals surface area contributed by atoms with Crippen LogP contribution in [0.1, 0.15) is 51.7 Å². The molecule has 2 aliphatic rings. The van der Waals surface area contributed by atoms with Crippen molar-refractivity contribution in [2.45, 2.75) is 70.2 Å². The van der Waals surface area contributed by atoms with E-state index in [2.05, 4.69) is 62.2 Å². The van der Waals surface area contributed by atoms with Crippen molar-refractivity contribution >= 4 is 11.9 Å². The number of likely N-dealkylation sites (tertiary alicyclic amines) is 1. The highest BCUT2D eigenvalue weighted by Gasteiger charge is 2.60. The summed E-state index contributed by atoms with van der Waals surface area (Å²) in [6, 6.07) is 19.8. The predicted octanol–water partition coefficient (Wildman–Crippen LogP) is 4.33. The zero-order valence-corrected chi connectivity index (χ0v) is 18.3. The quantitative estimate of drug-likeness (QED) is 0.771. The van der Waals surface area contributed by atoms with Gasteiger partial charge in [0.15, 0.2) is 0 Å². The highest BCUT2D eigenvalue weighted by Crippen LogP contribution is 2.46. The summed E-state index contributed by atoms with van der Waals surface area (Å²) in [7, 11) is 0. The second kappa shape index (κ2) is 7.24. The molecule has 4 rings (SSSR count). The average Bonchev–Trinajstić information content (AvgIpc) is 2.89. The molecule has 0 bridgehead atoms. The average molecular weight is 406 g/mol. The molecular formula is C25H31N3O2. The summed E-state index contributed by atoms with van der Waals surface area (Å²) in [5.41, 5.74) is 0.832. The minimum Gasteiger partial charge on any atom is -0.323 e. The van der Waals surface area contributed by atoms with Crippen molar-refractivity contribution in [3.63, 3.8) is 0 Å². The molecule has 0 unspecified atom stereocenters. The number of urea groups is 1. The molecule has 0 radical (unpaired) electrons. The first-order chi connectivity index (χ1) is 14.1. The van der Waals surface area contributed by atoms with Gasteiger partial charge >= 0.3 is 6.03 Å². The van der Waals surface area contributed by atoms with Gasteiger partial charge in [-0.05, 0) is 51.7 Å². The summed E-state index contributed by atoms with van der Waals surface area (Å²) in [5.74, 6) is -0.100. The Morgan fingerprint density at radius 1 is 0.767 bits per heavy atom. The minimum atomic E-state index is -0.855. The Labute approximate surface area is 179 Å². The van der Waals surface area contributed by atoms with Gasteiger partial charge in [-0.2, -0.15) is 0 Å². The molecule has 2 aromatic carbocycles. The number of nitrogens with one attached hydrogen (secondary N) is 1. The molecule has 2 saturated heterocycles. The van der Waals surface area contributed by atoms with E-state index in [1.165, 1.54) is 10.5 Å². The highest BCUT2D eigenvalue weighted by atomic mass is 16.2. The predicted molar refractivity (Wildman–Crippen MR) is 118 cm³/mol. The lowest BCUT2D eigenvalue weighted by Crippen LogP contribution is -2.69. The normalized spacial score (nSPS) is 22.3. The zero-order chi connectivity index (χ0) is 21.6. The van der Waals surface area contributed by atoms with Gasteiger partial charge in [-0.15, -0.1) is 0 Å². The number of nitrogens with zero attached hydrogens (tertiary/aromatic N) is 2. The number of hydrogen-bond acceptors (Lipinski definition) is 3. The van der Waals surface area contributed by atoms with Gasteiger partial charge in [0.05, 0.1) is 6.54 Å². The van der Waals surface area contributed by atoms with Crippen LogP contribution in [0.2, 0.25) is 0 Å². The SMILES string of the molecule is CC1(C)CC2(CC(C)(C)N1Cc1ccccc1)NC(=O)N(Cc1ccccc1)C2=O. The summed E-state index contributed by atoms with van der Waals surface area (Å²) in [5, 5.41) is 3.10. The van der Waals surface area contributed by atoms with Crippen molar-refractivity contribution in [1.82, 2.24) is 15.1 Å². The first-order valence-corrected chi connectivity index (χ1v) is 10.6. The molecule has 2 fully saturated rings. The fourth-order valence-corrected chi connectivity index (χ4v) is 5.57. The minimum absolute atomic E-state index is 0.100. The molecule has 30 heavy (non-hydrogen) atoms. The van der Waals surface area contributed by atoms with Crippen molar-refractivity contribution in [2.75, 3.05) is 0 Å². The summed E-state index contributed by atoms with van der Waals surface area (Å²) in [6.07, 6.45) is 1.18. The standard InChI is InChI=1S/C25H31N3O2/c1-23(2)17-25(18-24(3,4)28(23)16-20-13-9-6-10-14-20)21(29)27(22(30)26-25)15-19-11-7-5-8-12-19/h5-14H,15-18H2,1-4H3,(H,26,30). The second-order valence-electron chi connectivity index (χ2n) is 9.94. The van der Waals surface area contributed by atoms with Crippen LogP contribution in [0.5, 0.6) is 0 Å². The molecule has 2 aliphatic heterocycles. The lowest BCUT2D eigenvalue weighted by molar-refractivity contribution is -0.141. The van der Waals surface area contributed by atoms with E-state index in [0.29, 0.717) is 19.4 Å². The van der Waals surface area contributed by atoms with Crippen molar-refractivity contribution in [2.24, 2.45) is 0 Å². The summed E-state index contributed by atoms with van der Waals surface area (Å²) in [6.45, 7) is 9.83. The van der Waals surface area contributed by atoms with Crippen molar-refractivity contribution in [3.05, 3.63) is 71.8 Å². The number of carbonyl (C=O) groups is 2. The molecule has 0 saturated carbocycles. The van der Waals surface area contributed by atoms with E-state index >= 15 is 0 Å². The number of rotatable bonds is 4. The molecule has 5 heteroatoms. The molecule has 0 aromatic heterocycles. The van der Waals surface area contributed by atoms with Crippen LogP contribution in [0.3, 0.4) is 0 Å². The maximum absolute atomic E-state index is 13.6. The Morgan fingerprint density at radius 2 is 1.23 bits per heavy atom. The molecular weight excluding hydrogens is 374 g/mol. The number of piperidine rings is 1. The monoisotopic (exact) mass is 405 g/mol. The Bertz CT molecular complexity index is 919. The lowest BCUT2D eigenvalue weighted by atomic mass is 9.68.